The minimum atomic E-state index is 0. The van der Waals surface area contributed by atoms with E-state index in [1.807, 2.05) is 31.2 Å². The Bertz CT molecular complexity index is 829. The molecule has 8 nitrogen and oxygen atoms in total. The number of rotatable bonds is 9. The quantitative estimate of drug-likeness (QED) is 0.280. The van der Waals surface area contributed by atoms with Crippen LogP contribution < -0.4 is 20.1 Å². The molecule has 1 saturated heterocycles. The van der Waals surface area contributed by atoms with E-state index >= 15 is 0 Å². The lowest BCUT2D eigenvalue weighted by Gasteiger charge is -2.35. The Kier molecular flexibility index (Phi) is 11.5. The van der Waals surface area contributed by atoms with Gasteiger partial charge in [-0.2, -0.15) is 0 Å². The van der Waals surface area contributed by atoms with Crippen LogP contribution in [0.1, 0.15) is 24.1 Å². The molecule has 9 heteroatoms. The molecule has 0 bridgehead atoms. The van der Waals surface area contributed by atoms with Crippen LogP contribution in [-0.2, 0) is 11.3 Å². The van der Waals surface area contributed by atoms with E-state index in [1.54, 1.807) is 20.4 Å². The predicted octanol–water partition coefficient (Wildman–Crippen LogP) is 2.85. The maximum Gasteiger partial charge on any atom is 0.218 e. The number of benzene rings is 1. The van der Waals surface area contributed by atoms with Crippen LogP contribution in [0.4, 0.5) is 0 Å². The molecule has 1 aromatic heterocycles. The topological polar surface area (TPSA) is 80.2 Å². The van der Waals surface area contributed by atoms with E-state index in [-0.39, 0.29) is 30.0 Å². The molecule has 1 aliphatic rings. The standard InChI is InChI=1S/C23H33N5O3.HI/c1-4-31-22-19(6-5-11-25-22)16-26-23(24-2)27-17-21(28-12-14-30-15-13-28)18-7-9-20(29-3)10-8-18;/h5-11,21H,4,12-17H2,1-3H3,(H2,24,26,27);1H. The lowest BCUT2D eigenvalue weighted by molar-refractivity contribution is 0.0170. The van der Waals surface area contributed by atoms with Crippen LogP contribution in [0.15, 0.2) is 47.6 Å². The first-order valence-electron chi connectivity index (χ1n) is 10.7. The Morgan fingerprint density at radius 2 is 1.94 bits per heavy atom. The number of hydrogen-bond donors (Lipinski definition) is 2. The Balaban J connectivity index is 0.00000363. The molecule has 0 saturated carbocycles. The highest BCUT2D eigenvalue weighted by Gasteiger charge is 2.23. The first kappa shape index (κ1) is 26.1. The van der Waals surface area contributed by atoms with Gasteiger partial charge in [0.25, 0.3) is 0 Å². The van der Waals surface area contributed by atoms with E-state index in [2.05, 4.69) is 37.6 Å². The number of pyridine rings is 1. The van der Waals surface area contributed by atoms with Crippen LogP contribution in [0.2, 0.25) is 0 Å². The maximum absolute atomic E-state index is 5.62. The van der Waals surface area contributed by atoms with E-state index < -0.39 is 0 Å². The minimum Gasteiger partial charge on any atom is -0.497 e. The van der Waals surface area contributed by atoms with E-state index in [4.69, 9.17) is 14.2 Å². The van der Waals surface area contributed by atoms with Crippen LogP contribution in [-0.4, -0.2) is 69.5 Å². The Labute approximate surface area is 207 Å². The van der Waals surface area contributed by atoms with Crippen LogP contribution in [0, 0.1) is 0 Å². The van der Waals surface area contributed by atoms with Crippen molar-refractivity contribution in [3.63, 3.8) is 0 Å². The average Bonchev–Trinajstić information content (AvgIpc) is 2.83. The van der Waals surface area contributed by atoms with Gasteiger partial charge in [0.15, 0.2) is 5.96 Å². The zero-order chi connectivity index (χ0) is 21.9. The van der Waals surface area contributed by atoms with E-state index in [0.29, 0.717) is 19.0 Å². The zero-order valence-electron chi connectivity index (χ0n) is 19.0. The van der Waals surface area contributed by atoms with Crippen molar-refractivity contribution in [2.24, 2.45) is 4.99 Å². The second-order valence-corrected chi connectivity index (χ2v) is 7.14. The number of nitrogens with zero attached hydrogens (tertiary/aromatic N) is 3. The van der Waals surface area contributed by atoms with Crippen molar-refractivity contribution in [2.75, 3.05) is 53.6 Å². The van der Waals surface area contributed by atoms with Gasteiger partial charge in [-0.05, 0) is 30.7 Å². The summed E-state index contributed by atoms with van der Waals surface area (Å²) < 4.78 is 16.5. The van der Waals surface area contributed by atoms with Gasteiger partial charge in [0.05, 0.1) is 33.0 Å². The molecule has 1 fully saturated rings. The third kappa shape index (κ3) is 7.49. The monoisotopic (exact) mass is 555 g/mol. The predicted molar refractivity (Wildman–Crippen MR) is 137 cm³/mol. The largest absolute Gasteiger partial charge is 0.497 e. The summed E-state index contributed by atoms with van der Waals surface area (Å²) in [7, 11) is 3.46. The first-order chi connectivity index (χ1) is 15.2. The highest BCUT2D eigenvalue weighted by molar-refractivity contribution is 14.0. The maximum atomic E-state index is 5.62. The highest BCUT2D eigenvalue weighted by Crippen LogP contribution is 2.23. The summed E-state index contributed by atoms with van der Waals surface area (Å²) in [5.74, 6) is 2.24. The third-order valence-electron chi connectivity index (χ3n) is 5.25. The van der Waals surface area contributed by atoms with Gasteiger partial charge < -0.3 is 24.8 Å². The van der Waals surface area contributed by atoms with Crippen molar-refractivity contribution in [1.29, 1.82) is 0 Å². The Morgan fingerprint density at radius 1 is 1.19 bits per heavy atom. The van der Waals surface area contributed by atoms with Crippen molar-refractivity contribution in [2.45, 2.75) is 19.5 Å². The summed E-state index contributed by atoms with van der Waals surface area (Å²) >= 11 is 0. The molecule has 0 spiro atoms. The summed E-state index contributed by atoms with van der Waals surface area (Å²) in [6, 6.07) is 12.4. The number of nitrogens with one attached hydrogen (secondary N) is 2. The molecule has 3 rings (SSSR count). The van der Waals surface area contributed by atoms with Crippen molar-refractivity contribution in [1.82, 2.24) is 20.5 Å². The van der Waals surface area contributed by atoms with Crippen LogP contribution in [0.5, 0.6) is 11.6 Å². The zero-order valence-corrected chi connectivity index (χ0v) is 21.4. The molecule has 1 aromatic carbocycles. The van der Waals surface area contributed by atoms with Gasteiger partial charge in [0, 0.05) is 45.0 Å². The molecule has 2 N–H and O–H groups in total. The summed E-state index contributed by atoms with van der Waals surface area (Å²) in [6.45, 7) is 7.14. The second kappa shape index (κ2) is 14.1. The van der Waals surface area contributed by atoms with Gasteiger partial charge in [-0.15, -0.1) is 24.0 Å². The van der Waals surface area contributed by atoms with Crippen molar-refractivity contribution in [3.05, 3.63) is 53.7 Å². The van der Waals surface area contributed by atoms with E-state index in [1.165, 1.54) is 5.56 Å². The molecule has 1 atom stereocenters. The molecule has 0 radical (unpaired) electrons. The van der Waals surface area contributed by atoms with Crippen molar-refractivity contribution < 1.29 is 14.2 Å². The van der Waals surface area contributed by atoms with E-state index in [9.17, 15) is 0 Å². The molecule has 0 amide bonds. The van der Waals surface area contributed by atoms with Gasteiger partial charge in [-0.25, -0.2) is 4.98 Å². The first-order valence-corrected chi connectivity index (χ1v) is 10.7. The number of aliphatic imine (C=N–C) groups is 1. The second-order valence-electron chi connectivity index (χ2n) is 7.14. The lowest BCUT2D eigenvalue weighted by Crippen LogP contribution is -2.46. The number of morpholine rings is 1. The summed E-state index contributed by atoms with van der Waals surface area (Å²) in [6.07, 6.45) is 1.74. The molecule has 32 heavy (non-hydrogen) atoms. The van der Waals surface area contributed by atoms with Gasteiger partial charge in [-0.1, -0.05) is 18.2 Å². The molecule has 1 aliphatic heterocycles. The number of methoxy groups -OCH3 is 1. The van der Waals surface area contributed by atoms with Gasteiger partial charge in [0.1, 0.15) is 5.75 Å². The van der Waals surface area contributed by atoms with Crippen LogP contribution in [0.25, 0.3) is 0 Å². The molecule has 1 unspecified atom stereocenters. The normalized spacial score (nSPS) is 15.4. The molecule has 176 valence electrons. The summed E-state index contributed by atoms with van der Waals surface area (Å²) in [5, 5.41) is 6.85. The number of hydrogen-bond acceptors (Lipinski definition) is 6. The number of aromatic nitrogens is 1. The molecule has 0 aliphatic carbocycles. The van der Waals surface area contributed by atoms with E-state index in [0.717, 1.165) is 50.1 Å². The Morgan fingerprint density at radius 3 is 2.59 bits per heavy atom. The lowest BCUT2D eigenvalue weighted by atomic mass is 10.0. The SMILES string of the molecule is CCOc1ncccc1CNC(=NC)NCC(c1ccc(OC)cc1)N1CCOCC1.I. The Hall–Kier alpha value is -2.11. The number of halogens is 1. The number of ether oxygens (including phenoxy) is 3. The van der Waals surface area contributed by atoms with Gasteiger partial charge >= 0.3 is 0 Å². The molecular weight excluding hydrogens is 521 g/mol. The molecule has 2 aromatic rings. The summed E-state index contributed by atoms with van der Waals surface area (Å²) in [4.78, 5) is 11.1. The fraction of sp³-hybridized carbons (Fsp3) is 0.478. The van der Waals surface area contributed by atoms with Crippen LogP contribution >= 0.6 is 24.0 Å². The fourth-order valence-corrected chi connectivity index (χ4v) is 3.59. The average molecular weight is 555 g/mol. The number of guanidine groups is 1. The van der Waals surface area contributed by atoms with Crippen molar-refractivity contribution >= 4 is 29.9 Å². The minimum absolute atomic E-state index is 0. The smallest absolute Gasteiger partial charge is 0.218 e. The van der Waals surface area contributed by atoms with Crippen LogP contribution in [0.3, 0.4) is 0 Å². The summed E-state index contributed by atoms with van der Waals surface area (Å²) in [5.41, 5.74) is 2.23. The van der Waals surface area contributed by atoms with Gasteiger partial charge in [-0.3, -0.25) is 9.89 Å². The molecule has 2 heterocycles. The van der Waals surface area contributed by atoms with Crippen molar-refractivity contribution in [3.8, 4) is 11.6 Å². The highest BCUT2D eigenvalue weighted by atomic mass is 127. The molecular formula is C23H34IN5O3. The van der Waals surface area contributed by atoms with Gasteiger partial charge in [0.2, 0.25) is 5.88 Å². The third-order valence-corrected chi connectivity index (χ3v) is 5.25. The fourth-order valence-electron chi connectivity index (χ4n) is 3.59.